The number of aryl methyl sites for hydroxylation is 1. The number of amides is 1. The fourth-order valence-electron chi connectivity index (χ4n) is 1.91. The summed E-state index contributed by atoms with van der Waals surface area (Å²) in [5.74, 6) is -0.0931. The molecule has 1 aromatic rings. The second-order valence-corrected chi connectivity index (χ2v) is 6.15. The fraction of sp³-hybridized carbons (Fsp3) is 0.562. The fourth-order valence-corrected chi connectivity index (χ4v) is 1.91. The van der Waals surface area contributed by atoms with Crippen molar-refractivity contribution in [3.8, 4) is 0 Å². The van der Waals surface area contributed by atoms with Crippen molar-refractivity contribution in [2.75, 3.05) is 13.1 Å². The van der Waals surface area contributed by atoms with Crippen LogP contribution in [0.2, 0.25) is 0 Å². The van der Waals surface area contributed by atoms with Gasteiger partial charge in [0.25, 0.3) is 0 Å². The van der Waals surface area contributed by atoms with Crippen molar-refractivity contribution in [2.24, 2.45) is 11.7 Å². The molecule has 3 N–H and O–H groups in total. The Morgan fingerprint density at radius 3 is 2.71 bits per heavy atom. The van der Waals surface area contributed by atoms with Gasteiger partial charge in [-0.05, 0) is 63.8 Å². The van der Waals surface area contributed by atoms with E-state index < -0.39 is 11.7 Å². The maximum Gasteiger partial charge on any atom is 0.407 e. The molecule has 0 fully saturated rings. The Bertz CT molecular complexity index is 458. The van der Waals surface area contributed by atoms with Gasteiger partial charge in [-0.1, -0.05) is 12.1 Å². The first kappa shape index (κ1) is 17.4. The Morgan fingerprint density at radius 1 is 1.43 bits per heavy atom. The van der Waals surface area contributed by atoms with Gasteiger partial charge in [0.2, 0.25) is 0 Å². The number of nitrogens with one attached hydrogen (secondary N) is 1. The lowest BCUT2D eigenvalue weighted by Crippen LogP contribution is -2.37. The van der Waals surface area contributed by atoms with Crippen molar-refractivity contribution in [3.05, 3.63) is 35.6 Å². The van der Waals surface area contributed by atoms with Crippen molar-refractivity contribution in [3.63, 3.8) is 0 Å². The number of benzene rings is 1. The van der Waals surface area contributed by atoms with Gasteiger partial charge >= 0.3 is 6.09 Å². The molecule has 0 heterocycles. The van der Waals surface area contributed by atoms with Crippen LogP contribution in [-0.4, -0.2) is 24.8 Å². The number of carbonyl (C=O) groups is 1. The number of halogens is 1. The van der Waals surface area contributed by atoms with Crippen LogP contribution < -0.4 is 11.1 Å². The second kappa shape index (κ2) is 7.98. The summed E-state index contributed by atoms with van der Waals surface area (Å²) in [4.78, 5) is 11.6. The molecule has 1 amide bonds. The van der Waals surface area contributed by atoms with E-state index >= 15 is 0 Å². The Balaban J connectivity index is 2.36. The highest BCUT2D eigenvalue weighted by Crippen LogP contribution is 2.11. The molecular weight excluding hydrogens is 271 g/mol. The van der Waals surface area contributed by atoms with E-state index in [2.05, 4.69) is 5.32 Å². The quantitative estimate of drug-likeness (QED) is 0.848. The zero-order valence-electron chi connectivity index (χ0n) is 13.0. The monoisotopic (exact) mass is 296 g/mol. The van der Waals surface area contributed by atoms with E-state index in [1.54, 1.807) is 6.07 Å². The summed E-state index contributed by atoms with van der Waals surface area (Å²) < 4.78 is 18.3. The van der Waals surface area contributed by atoms with Gasteiger partial charge < -0.3 is 15.8 Å². The van der Waals surface area contributed by atoms with Crippen LogP contribution in [0.1, 0.15) is 32.8 Å². The van der Waals surface area contributed by atoms with E-state index in [1.807, 2.05) is 26.8 Å². The largest absolute Gasteiger partial charge is 0.444 e. The third-order valence-corrected chi connectivity index (χ3v) is 3.00. The minimum atomic E-state index is -0.510. The summed E-state index contributed by atoms with van der Waals surface area (Å²) in [5.41, 5.74) is 6.14. The number of hydrogen-bond acceptors (Lipinski definition) is 3. The molecule has 0 spiro atoms. The van der Waals surface area contributed by atoms with Gasteiger partial charge in [0.05, 0.1) is 0 Å². The molecule has 1 unspecified atom stereocenters. The van der Waals surface area contributed by atoms with Crippen LogP contribution in [0.5, 0.6) is 0 Å². The highest BCUT2D eigenvalue weighted by atomic mass is 19.1. The molecule has 0 aromatic heterocycles. The zero-order chi connectivity index (χ0) is 15.9. The van der Waals surface area contributed by atoms with E-state index in [0.717, 1.165) is 18.4 Å². The number of carbonyl (C=O) groups excluding carboxylic acids is 1. The molecule has 4 nitrogen and oxygen atoms in total. The number of ether oxygens (including phenoxy) is 1. The van der Waals surface area contributed by atoms with Crippen LogP contribution in [0, 0.1) is 11.7 Å². The van der Waals surface area contributed by atoms with Gasteiger partial charge in [0.15, 0.2) is 0 Å². The Kier molecular flexibility index (Phi) is 6.62. The third kappa shape index (κ3) is 7.66. The van der Waals surface area contributed by atoms with Crippen LogP contribution in [0.3, 0.4) is 0 Å². The van der Waals surface area contributed by atoms with Crippen molar-refractivity contribution >= 4 is 6.09 Å². The van der Waals surface area contributed by atoms with E-state index in [9.17, 15) is 9.18 Å². The van der Waals surface area contributed by atoms with E-state index in [1.165, 1.54) is 12.1 Å². The molecule has 1 rings (SSSR count). The molecule has 21 heavy (non-hydrogen) atoms. The van der Waals surface area contributed by atoms with Gasteiger partial charge in [-0.3, -0.25) is 0 Å². The molecule has 0 aliphatic rings. The van der Waals surface area contributed by atoms with Crippen LogP contribution in [0.25, 0.3) is 0 Å². The number of nitrogens with two attached hydrogens (primary N) is 1. The average molecular weight is 296 g/mol. The van der Waals surface area contributed by atoms with Gasteiger partial charge in [0, 0.05) is 6.54 Å². The molecule has 0 aliphatic carbocycles. The number of alkyl carbamates (subject to hydrolysis) is 1. The highest BCUT2D eigenvalue weighted by molar-refractivity contribution is 5.67. The lowest BCUT2D eigenvalue weighted by Gasteiger charge is -2.21. The SMILES string of the molecule is CC(C)(C)OC(=O)NCC(CN)CCc1cccc(F)c1. The van der Waals surface area contributed by atoms with Gasteiger partial charge in [-0.2, -0.15) is 0 Å². The van der Waals surface area contributed by atoms with Gasteiger partial charge in [0.1, 0.15) is 11.4 Å². The molecule has 1 aromatic carbocycles. The Labute approximate surface area is 125 Å². The molecule has 0 aliphatic heterocycles. The summed E-state index contributed by atoms with van der Waals surface area (Å²) in [7, 11) is 0. The second-order valence-electron chi connectivity index (χ2n) is 6.15. The molecule has 5 heteroatoms. The van der Waals surface area contributed by atoms with Crippen molar-refractivity contribution in [1.82, 2.24) is 5.32 Å². The molecule has 0 radical (unpaired) electrons. The molecule has 0 bridgehead atoms. The van der Waals surface area contributed by atoms with E-state index in [0.29, 0.717) is 13.1 Å². The summed E-state index contributed by atoms with van der Waals surface area (Å²) in [5, 5.41) is 2.72. The summed E-state index contributed by atoms with van der Waals surface area (Å²) in [6.45, 7) is 6.37. The topological polar surface area (TPSA) is 64.3 Å². The molecule has 1 atom stereocenters. The van der Waals surface area contributed by atoms with Gasteiger partial charge in [-0.15, -0.1) is 0 Å². The normalized spacial score (nSPS) is 12.8. The zero-order valence-corrected chi connectivity index (χ0v) is 13.0. The first-order chi connectivity index (χ1) is 9.80. The van der Waals surface area contributed by atoms with Crippen molar-refractivity contribution < 1.29 is 13.9 Å². The van der Waals surface area contributed by atoms with Crippen LogP contribution in [0.15, 0.2) is 24.3 Å². The average Bonchev–Trinajstić information content (AvgIpc) is 2.37. The van der Waals surface area contributed by atoms with Crippen LogP contribution in [-0.2, 0) is 11.2 Å². The van der Waals surface area contributed by atoms with Crippen molar-refractivity contribution in [1.29, 1.82) is 0 Å². The van der Waals surface area contributed by atoms with Crippen LogP contribution in [0.4, 0.5) is 9.18 Å². The first-order valence-electron chi connectivity index (χ1n) is 7.21. The third-order valence-electron chi connectivity index (χ3n) is 3.00. The lowest BCUT2D eigenvalue weighted by molar-refractivity contribution is 0.0519. The molecular formula is C16H25FN2O2. The Morgan fingerprint density at radius 2 is 2.14 bits per heavy atom. The summed E-state index contributed by atoms with van der Waals surface area (Å²) >= 11 is 0. The maximum atomic E-state index is 13.1. The lowest BCUT2D eigenvalue weighted by atomic mass is 9.99. The summed E-state index contributed by atoms with van der Waals surface area (Å²) in [6.07, 6.45) is 1.08. The summed E-state index contributed by atoms with van der Waals surface area (Å²) in [6, 6.07) is 6.53. The molecule has 0 saturated carbocycles. The number of hydrogen-bond donors (Lipinski definition) is 2. The minimum absolute atomic E-state index is 0.140. The van der Waals surface area contributed by atoms with Gasteiger partial charge in [-0.25, -0.2) is 9.18 Å². The smallest absolute Gasteiger partial charge is 0.407 e. The van der Waals surface area contributed by atoms with Crippen LogP contribution >= 0.6 is 0 Å². The first-order valence-corrected chi connectivity index (χ1v) is 7.21. The molecule has 118 valence electrons. The highest BCUT2D eigenvalue weighted by Gasteiger charge is 2.17. The van der Waals surface area contributed by atoms with E-state index in [4.69, 9.17) is 10.5 Å². The standard InChI is InChI=1S/C16H25FN2O2/c1-16(2,3)21-15(20)19-11-13(10-18)8-7-12-5-4-6-14(17)9-12/h4-6,9,13H,7-8,10-11,18H2,1-3H3,(H,19,20). The minimum Gasteiger partial charge on any atom is -0.444 e. The predicted octanol–water partition coefficient (Wildman–Crippen LogP) is 2.86. The number of rotatable bonds is 6. The van der Waals surface area contributed by atoms with E-state index in [-0.39, 0.29) is 11.7 Å². The Hall–Kier alpha value is -1.62. The predicted molar refractivity (Wildman–Crippen MR) is 81.5 cm³/mol. The van der Waals surface area contributed by atoms with Crippen molar-refractivity contribution in [2.45, 2.75) is 39.2 Å². The molecule has 0 saturated heterocycles. The maximum absolute atomic E-state index is 13.1.